The van der Waals surface area contributed by atoms with Gasteiger partial charge in [0, 0.05) is 6.42 Å². The quantitative estimate of drug-likeness (QED) is 0.340. The Morgan fingerprint density at radius 2 is 1.77 bits per heavy atom. The molecule has 0 aliphatic heterocycles. The monoisotopic (exact) mass is 407 g/mol. The number of terminal acetylenes is 1. The predicted octanol–water partition coefficient (Wildman–Crippen LogP) is 2.30. The topological polar surface area (TPSA) is 89.0 Å². The lowest BCUT2D eigenvalue weighted by atomic mass is 10.1. The maximum absolute atomic E-state index is 11.9. The Morgan fingerprint density at radius 1 is 1.07 bits per heavy atom. The molecule has 0 saturated heterocycles. The van der Waals surface area contributed by atoms with Crippen LogP contribution in [0.1, 0.15) is 24.0 Å². The first-order valence-corrected chi connectivity index (χ1v) is 9.48. The highest BCUT2D eigenvalue weighted by Gasteiger charge is 2.05. The van der Waals surface area contributed by atoms with Gasteiger partial charge in [-0.2, -0.15) is 5.10 Å². The Hall–Kier alpha value is -3.79. The van der Waals surface area contributed by atoms with E-state index in [0.717, 1.165) is 23.3 Å². The summed E-state index contributed by atoms with van der Waals surface area (Å²) in [6.07, 6.45) is 8.45. The minimum atomic E-state index is -0.399. The zero-order valence-electron chi connectivity index (χ0n) is 16.9. The van der Waals surface area contributed by atoms with Gasteiger partial charge < -0.3 is 14.8 Å². The van der Waals surface area contributed by atoms with E-state index in [1.165, 1.54) is 6.21 Å². The van der Waals surface area contributed by atoms with E-state index < -0.39 is 5.91 Å². The third kappa shape index (κ3) is 8.48. The molecule has 0 bridgehead atoms. The summed E-state index contributed by atoms with van der Waals surface area (Å²) in [4.78, 5) is 23.6. The molecule has 0 aromatic heterocycles. The molecular formula is C23H25N3O4. The van der Waals surface area contributed by atoms with Gasteiger partial charge in [-0.15, -0.1) is 6.42 Å². The Bertz CT molecular complexity index is 884. The largest absolute Gasteiger partial charge is 0.497 e. The number of nitrogens with zero attached hydrogens (tertiary/aromatic N) is 1. The molecule has 0 spiro atoms. The van der Waals surface area contributed by atoms with E-state index in [9.17, 15) is 9.59 Å². The zero-order valence-corrected chi connectivity index (χ0v) is 16.9. The highest BCUT2D eigenvalue weighted by Crippen LogP contribution is 2.13. The highest BCUT2D eigenvalue weighted by atomic mass is 16.5. The lowest BCUT2D eigenvalue weighted by Crippen LogP contribution is -2.34. The van der Waals surface area contributed by atoms with Gasteiger partial charge in [0.1, 0.15) is 18.1 Å². The molecule has 0 atom stereocenters. The SMILES string of the molecule is C#CCOc1ccc(/C=N\NC(=O)CNC(=O)CCCc2ccc(OC)cc2)cc1. The molecule has 0 heterocycles. The number of methoxy groups -OCH3 is 1. The minimum Gasteiger partial charge on any atom is -0.497 e. The minimum absolute atomic E-state index is 0.127. The molecule has 2 rings (SSSR count). The summed E-state index contributed by atoms with van der Waals surface area (Å²) < 4.78 is 10.4. The van der Waals surface area contributed by atoms with E-state index in [0.29, 0.717) is 18.6 Å². The highest BCUT2D eigenvalue weighted by molar-refractivity contribution is 5.86. The molecule has 0 aliphatic rings. The Balaban J connectivity index is 1.61. The van der Waals surface area contributed by atoms with Crippen LogP contribution >= 0.6 is 0 Å². The molecule has 30 heavy (non-hydrogen) atoms. The van der Waals surface area contributed by atoms with Gasteiger partial charge in [0.2, 0.25) is 5.91 Å². The lowest BCUT2D eigenvalue weighted by Gasteiger charge is -2.05. The summed E-state index contributed by atoms with van der Waals surface area (Å²) in [6.45, 7) is 0.0777. The third-order valence-electron chi connectivity index (χ3n) is 4.08. The number of aryl methyl sites for hydroxylation is 1. The van der Waals surface area contributed by atoms with Gasteiger partial charge in [0.15, 0.2) is 0 Å². The first-order chi connectivity index (χ1) is 14.6. The van der Waals surface area contributed by atoms with Crippen LogP contribution in [0, 0.1) is 12.3 Å². The number of benzene rings is 2. The van der Waals surface area contributed by atoms with E-state index in [1.807, 2.05) is 24.3 Å². The number of ether oxygens (including phenoxy) is 2. The fraction of sp³-hybridized carbons (Fsp3) is 0.261. The summed E-state index contributed by atoms with van der Waals surface area (Å²) in [7, 11) is 1.62. The van der Waals surface area contributed by atoms with Crippen LogP contribution in [0.25, 0.3) is 0 Å². The maximum Gasteiger partial charge on any atom is 0.259 e. The summed E-state index contributed by atoms with van der Waals surface area (Å²) in [5.74, 6) is 3.27. The molecule has 156 valence electrons. The van der Waals surface area contributed by atoms with Crippen molar-refractivity contribution in [3.63, 3.8) is 0 Å². The second-order valence-electron chi connectivity index (χ2n) is 6.33. The third-order valence-corrected chi connectivity index (χ3v) is 4.08. The van der Waals surface area contributed by atoms with E-state index in [2.05, 4.69) is 21.8 Å². The second-order valence-corrected chi connectivity index (χ2v) is 6.33. The Morgan fingerprint density at radius 3 is 2.43 bits per heavy atom. The van der Waals surface area contributed by atoms with Gasteiger partial charge in [-0.3, -0.25) is 9.59 Å². The summed E-state index contributed by atoms with van der Waals surface area (Å²) >= 11 is 0. The van der Waals surface area contributed by atoms with Crippen molar-refractivity contribution in [3.05, 3.63) is 59.7 Å². The number of nitrogens with one attached hydrogen (secondary N) is 2. The molecule has 0 unspecified atom stereocenters. The molecule has 2 aromatic carbocycles. The number of amides is 2. The van der Waals surface area contributed by atoms with E-state index in [1.54, 1.807) is 31.4 Å². The molecule has 2 N–H and O–H groups in total. The van der Waals surface area contributed by atoms with Crippen molar-refractivity contribution in [1.29, 1.82) is 0 Å². The van der Waals surface area contributed by atoms with Crippen LogP contribution < -0.4 is 20.2 Å². The first-order valence-electron chi connectivity index (χ1n) is 9.48. The van der Waals surface area contributed by atoms with Gasteiger partial charge in [-0.1, -0.05) is 18.1 Å². The Labute approximate surface area is 176 Å². The normalized spacial score (nSPS) is 10.3. The van der Waals surface area contributed by atoms with Crippen molar-refractivity contribution in [1.82, 2.24) is 10.7 Å². The maximum atomic E-state index is 11.9. The lowest BCUT2D eigenvalue weighted by molar-refractivity contribution is -0.126. The average molecular weight is 407 g/mol. The number of hydrogen-bond donors (Lipinski definition) is 2. The summed E-state index contributed by atoms with van der Waals surface area (Å²) in [5.41, 5.74) is 4.29. The summed E-state index contributed by atoms with van der Waals surface area (Å²) in [6, 6.07) is 14.8. The molecule has 0 aliphatic carbocycles. The zero-order chi connectivity index (χ0) is 21.6. The predicted molar refractivity (Wildman–Crippen MR) is 115 cm³/mol. The van der Waals surface area contributed by atoms with Crippen molar-refractivity contribution < 1.29 is 19.1 Å². The molecular weight excluding hydrogens is 382 g/mol. The number of rotatable bonds is 11. The van der Waals surface area contributed by atoms with Crippen LogP contribution in [-0.2, 0) is 16.0 Å². The van der Waals surface area contributed by atoms with Crippen molar-refractivity contribution in [2.24, 2.45) is 5.10 Å². The fourth-order valence-electron chi connectivity index (χ4n) is 2.51. The van der Waals surface area contributed by atoms with Gasteiger partial charge >= 0.3 is 0 Å². The number of carbonyl (C=O) groups is 2. The van der Waals surface area contributed by atoms with E-state index in [4.69, 9.17) is 15.9 Å². The van der Waals surface area contributed by atoms with Crippen LogP contribution in [0.15, 0.2) is 53.6 Å². The molecule has 0 saturated carbocycles. The van der Waals surface area contributed by atoms with Crippen molar-refractivity contribution in [3.8, 4) is 23.8 Å². The van der Waals surface area contributed by atoms with E-state index in [-0.39, 0.29) is 19.1 Å². The first kappa shape index (κ1) is 22.5. The van der Waals surface area contributed by atoms with Crippen LogP contribution in [0.2, 0.25) is 0 Å². The van der Waals surface area contributed by atoms with Crippen LogP contribution in [0.3, 0.4) is 0 Å². The number of hydrazone groups is 1. The number of carbonyl (C=O) groups excluding carboxylic acids is 2. The molecule has 2 amide bonds. The van der Waals surface area contributed by atoms with Crippen molar-refractivity contribution in [2.75, 3.05) is 20.3 Å². The van der Waals surface area contributed by atoms with Crippen molar-refractivity contribution >= 4 is 18.0 Å². The average Bonchev–Trinajstić information content (AvgIpc) is 2.77. The van der Waals surface area contributed by atoms with Gasteiger partial charge in [0.05, 0.1) is 19.9 Å². The van der Waals surface area contributed by atoms with Gasteiger partial charge in [-0.25, -0.2) is 5.43 Å². The standard InChI is InChI=1S/C23H25N3O4/c1-3-15-30-21-13-9-19(10-14-21)16-25-26-23(28)17-24-22(27)6-4-5-18-7-11-20(29-2)12-8-18/h1,7-14,16H,4-6,15,17H2,2H3,(H,24,27)(H,26,28)/b25-16-. The van der Waals surface area contributed by atoms with Crippen LogP contribution in [-0.4, -0.2) is 38.3 Å². The molecule has 7 nitrogen and oxygen atoms in total. The number of hydrogen-bond acceptors (Lipinski definition) is 5. The van der Waals surface area contributed by atoms with Crippen molar-refractivity contribution in [2.45, 2.75) is 19.3 Å². The molecule has 0 radical (unpaired) electrons. The van der Waals surface area contributed by atoms with Gasteiger partial charge in [-0.05, 0) is 60.4 Å². The van der Waals surface area contributed by atoms with E-state index >= 15 is 0 Å². The molecule has 2 aromatic rings. The van der Waals surface area contributed by atoms with Crippen LogP contribution in [0.5, 0.6) is 11.5 Å². The summed E-state index contributed by atoms with van der Waals surface area (Å²) in [5, 5.41) is 6.45. The van der Waals surface area contributed by atoms with Gasteiger partial charge in [0.25, 0.3) is 5.91 Å². The van der Waals surface area contributed by atoms with Crippen LogP contribution in [0.4, 0.5) is 0 Å². The molecule has 0 fully saturated rings. The molecule has 7 heteroatoms. The Kier molecular flexibility index (Phi) is 9.47. The second kappa shape index (κ2) is 12.6. The smallest absolute Gasteiger partial charge is 0.259 e. The fourth-order valence-corrected chi connectivity index (χ4v) is 2.51.